The second kappa shape index (κ2) is 5.77. The zero-order valence-corrected chi connectivity index (χ0v) is 10.4. The molecule has 0 bridgehead atoms. The van der Waals surface area contributed by atoms with Crippen molar-refractivity contribution in [3.05, 3.63) is 18.2 Å². The van der Waals surface area contributed by atoms with Crippen molar-refractivity contribution in [2.75, 3.05) is 11.9 Å². The van der Waals surface area contributed by atoms with Gasteiger partial charge in [-0.3, -0.25) is 0 Å². The predicted molar refractivity (Wildman–Crippen MR) is 67.3 cm³/mol. The van der Waals surface area contributed by atoms with Gasteiger partial charge in [-0.25, -0.2) is 14.8 Å². The highest BCUT2D eigenvalue weighted by molar-refractivity contribution is 5.88. The number of nitrogens with one attached hydrogen (secondary N) is 2. The van der Waals surface area contributed by atoms with Crippen molar-refractivity contribution in [2.45, 2.75) is 38.2 Å². The number of hydrogen-bond donors (Lipinski definition) is 3. The number of anilines is 1. The van der Waals surface area contributed by atoms with Crippen LogP contribution in [-0.2, 0) is 0 Å². The van der Waals surface area contributed by atoms with Gasteiger partial charge in [-0.2, -0.15) is 0 Å². The van der Waals surface area contributed by atoms with Crippen LogP contribution in [0.5, 0.6) is 0 Å². The zero-order valence-electron chi connectivity index (χ0n) is 10.4. The first kappa shape index (κ1) is 12.8. The average Bonchev–Trinajstić information content (AvgIpc) is 3.13. The minimum atomic E-state index is -0.411. The molecule has 1 aliphatic rings. The number of aliphatic hydroxyl groups excluding tert-OH is 1. The molecule has 98 valence electrons. The Labute approximate surface area is 106 Å². The summed E-state index contributed by atoms with van der Waals surface area (Å²) in [6.07, 6.45) is 5.68. The number of nitrogens with zero attached hydrogens (tertiary/aromatic N) is 2. The van der Waals surface area contributed by atoms with E-state index in [0.29, 0.717) is 24.6 Å². The third-order valence-corrected chi connectivity index (χ3v) is 2.72. The molecule has 1 aromatic heterocycles. The monoisotopic (exact) mass is 250 g/mol. The van der Waals surface area contributed by atoms with Crippen molar-refractivity contribution < 1.29 is 9.90 Å². The number of urea groups is 1. The smallest absolute Gasteiger partial charge is 0.319 e. The summed E-state index contributed by atoms with van der Waals surface area (Å²) in [5, 5.41) is 14.3. The highest BCUT2D eigenvalue weighted by Gasteiger charge is 2.26. The number of carbonyl (C=O) groups is 1. The molecule has 1 unspecified atom stereocenters. The van der Waals surface area contributed by atoms with Crippen LogP contribution in [-0.4, -0.2) is 33.8 Å². The summed E-state index contributed by atoms with van der Waals surface area (Å²) in [7, 11) is 0. The van der Waals surface area contributed by atoms with Crippen molar-refractivity contribution in [3.8, 4) is 0 Å². The summed E-state index contributed by atoms with van der Waals surface area (Å²) < 4.78 is 0. The highest BCUT2D eigenvalue weighted by Crippen LogP contribution is 2.37. The third kappa shape index (κ3) is 3.96. The summed E-state index contributed by atoms with van der Waals surface area (Å²) in [6.45, 7) is 2.12. The Hall–Kier alpha value is -1.69. The van der Waals surface area contributed by atoms with E-state index in [2.05, 4.69) is 20.6 Å². The molecule has 0 saturated heterocycles. The Morgan fingerprint density at radius 1 is 1.50 bits per heavy atom. The van der Waals surface area contributed by atoms with Crippen molar-refractivity contribution in [2.24, 2.45) is 0 Å². The van der Waals surface area contributed by atoms with Gasteiger partial charge in [-0.05, 0) is 26.2 Å². The minimum Gasteiger partial charge on any atom is -0.393 e. The first-order valence-electron chi connectivity index (χ1n) is 6.20. The Balaban J connectivity index is 1.75. The molecule has 18 heavy (non-hydrogen) atoms. The Morgan fingerprint density at radius 2 is 2.17 bits per heavy atom. The second-order valence-electron chi connectivity index (χ2n) is 4.62. The number of hydrogen-bond acceptors (Lipinski definition) is 4. The normalized spacial score (nSPS) is 16.1. The Bertz CT molecular complexity index is 401. The van der Waals surface area contributed by atoms with Gasteiger partial charge in [0, 0.05) is 12.5 Å². The van der Waals surface area contributed by atoms with Gasteiger partial charge in [0.25, 0.3) is 0 Å². The van der Waals surface area contributed by atoms with Crippen LogP contribution in [0.25, 0.3) is 0 Å². The maximum atomic E-state index is 11.5. The van der Waals surface area contributed by atoms with Gasteiger partial charge >= 0.3 is 6.03 Å². The van der Waals surface area contributed by atoms with E-state index in [-0.39, 0.29) is 6.03 Å². The van der Waals surface area contributed by atoms with Gasteiger partial charge in [0.2, 0.25) is 0 Å². The van der Waals surface area contributed by atoms with Gasteiger partial charge in [0.1, 0.15) is 5.82 Å². The van der Waals surface area contributed by atoms with Crippen molar-refractivity contribution in [1.29, 1.82) is 0 Å². The van der Waals surface area contributed by atoms with Crippen LogP contribution in [0.4, 0.5) is 10.5 Å². The van der Waals surface area contributed by atoms with Crippen LogP contribution in [0.3, 0.4) is 0 Å². The standard InChI is InChI=1S/C12H18N4O2/c1-8(17)4-5-13-12(18)16-10-6-14-11(15-7-10)9-2-3-9/h6-9,17H,2-5H2,1H3,(H2,13,16,18). The number of amides is 2. The number of carbonyl (C=O) groups excluding carboxylic acids is 1. The van der Waals surface area contributed by atoms with Gasteiger partial charge in [-0.1, -0.05) is 0 Å². The molecule has 1 aliphatic carbocycles. The fraction of sp³-hybridized carbons (Fsp3) is 0.583. The molecule has 3 N–H and O–H groups in total. The molecule has 0 aliphatic heterocycles. The molecule has 0 spiro atoms. The zero-order chi connectivity index (χ0) is 13.0. The van der Waals surface area contributed by atoms with E-state index in [1.165, 1.54) is 0 Å². The molecule has 6 heteroatoms. The van der Waals surface area contributed by atoms with E-state index in [4.69, 9.17) is 5.11 Å². The molecule has 1 fully saturated rings. The molecule has 1 atom stereocenters. The van der Waals surface area contributed by atoms with Crippen molar-refractivity contribution in [3.63, 3.8) is 0 Å². The highest BCUT2D eigenvalue weighted by atomic mass is 16.3. The SMILES string of the molecule is CC(O)CCNC(=O)Nc1cnc(C2CC2)nc1. The lowest BCUT2D eigenvalue weighted by atomic mass is 10.3. The maximum Gasteiger partial charge on any atom is 0.319 e. The summed E-state index contributed by atoms with van der Waals surface area (Å²) >= 11 is 0. The molecule has 0 aromatic carbocycles. The van der Waals surface area contributed by atoms with Gasteiger partial charge in [0.05, 0.1) is 24.2 Å². The average molecular weight is 250 g/mol. The molecule has 2 amide bonds. The maximum absolute atomic E-state index is 11.5. The van der Waals surface area contributed by atoms with E-state index < -0.39 is 6.10 Å². The quantitative estimate of drug-likeness (QED) is 0.734. The molecule has 1 saturated carbocycles. The molecule has 1 heterocycles. The molecule has 2 rings (SSSR count). The lowest BCUT2D eigenvalue weighted by molar-refractivity contribution is 0.184. The lowest BCUT2D eigenvalue weighted by Crippen LogP contribution is -2.31. The van der Waals surface area contributed by atoms with Crippen LogP contribution in [0.1, 0.15) is 37.9 Å². The van der Waals surface area contributed by atoms with Crippen molar-refractivity contribution in [1.82, 2.24) is 15.3 Å². The van der Waals surface area contributed by atoms with E-state index in [1.54, 1.807) is 19.3 Å². The van der Waals surface area contributed by atoms with Crippen LogP contribution in [0.15, 0.2) is 12.4 Å². The molecule has 1 aromatic rings. The van der Waals surface area contributed by atoms with Crippen LogP contribution in [0.2, 0.25) is 0 Å². The number of aromatic nitrogens is 2. The number of rotatable bonds is 5. The fourth-order valence-electron chi connectivity index (χ4n) is 1.52. The van der Waals surface area contributed by atoms with Crippen LogP contribution < -0.4 is 10.6 Å². The summed E-state index contributed by atoms with van der Waals surface area (Å²) in [5.74, 6) is 1.37. The van der Waals surface area contributed by atoms with Crippen molar-refractivity contribution >= 4 is 11.7 Å². The summed E-state index contributed by atoms with van der Waals surface area (Å²) in [6, 6.07) is -0.307. The lowest BCUT2D eigenvalue weighted by Gasteiger charge is -2.08. The summed E-state index contributed by atoms with van der Waals surface area (Å²) in [5.41, 5.74) is 0.578. The molecular weight excluding hydrogens is 232 g/mol. The molecular formula is C12H18N4O2. The largest absolute Gasteiger partial charge is 0.393 e. The predicted octanol–water partition coefficient (Wildman–Crippen LogP) is 1.25. The number of aliphatic hydroxyl groups is 1. The second-order valence-corrected chi connectivity index (χ2v) is 4.62. The first-order chi connectivity index (χ1) is 8.65. The van der Waals surface area contributed by atoms with E-state index in [9.17, 15) is 4.79 Å². The third-order valence-electron chi connectivity index (χ3n) is 2.72. The minimum absolute atomic E-state index is 0.307. The Kier molecular flexibility index (Phi) is 4.09. The van der Waals surface area contributed by atoms with Gasteiger partial charge in [-0.15, -0.1) is 0 Å². The molecule has 6 nitrogen and oxygen atoms in total. The topological polar surface area (TPSA) is 87.1 Å². The van der Waals surface area contributed by atoms with E-state index in [1.807, 2.05) is 0 Å². The summed E-state index contributed by atoms with van der Waals surface area (Å²) in [4.78, 5) is 19.9. The fourth-order valence-corrected chi connectivity index (χ4v) is 1.52. The Morgan fingerprint density at radius 3 is 2.72 bits per heavy atom. The first-order valence-corrected chi connectivity index (χ1v) is 6.20. The van der Waals surface area contributed by atoms with Gasteiger partial charge in [0.15, 0.2) is 0 Å². The van der Waals surface area contributed by atoms with E-state index >= 15 is 0 Å². The van der Waals surface area contributed by atoms with E-state index in [0.717, 1.165) is 18.7 Å². The molecule has 0 radical (unpaired) electrons. The van der Waals surface area contributed by atoms with Crippen LogP contribution >= 0.6 is 0 Å². The van der Waals surface area contributed by atoms with Crippen LogP contribution in [0, 0.1) is 0 Å². The van der Waals surface area contributed by atoms with Gasteiger partial charge < -0.3 is 15.7 Å².